The van der Waals surface area contributed by atoms with Crippen LogP contribution in [0.2, 0.25) is 0 Å². The number of hydrogen-bond acceptors (Lipinski definition) is 4. The maximum atomic E-state index is 13.2. The number of carbonyl (C=O) groups excluding carboxylic acids is 1. The van der Waals surface area contributed by atoms with Gasteiger partial charge in [-0.2, -0.15) is 0 Å². The number of ether oxygens (including phenoxy) is 1. The number of aliphatic hydroxyl groups is 2. The topological polar surface area (TPSA) is 70.0 Å². The summed E-state index contributed by atoms with van der Waals surface area (Å²) in [6, 6.07) is 4.92. The van der Waals surface area contributed by atoms with E-state index in [0.29, 0.717) is 73.6 Å². The number of rotatable bonds is 7. The molecule has 246 valence electrons. The van der Waals surface area contributed by atoms with Crippen LogP contribution in [0.3, 0.4) is 0 Å². The van der Waals surface area contributed by atoms with Crippen LogP contribution in [-0.4, -0.2) is 59.4 Å². The molecule has 2 N–H and O–H groups in total. The van der Waals surface area contributed by atoms with E-state index in [0.717, 1.165) is 44.2 Å². The van der Waals surface area contributed by atoms with E-state index in [2.05, 4.69) is 20.8 Å². The average Bonchev–Trinajstić information content (AvgIpc) is 3.34. The zero-order valence-corrected chi connectivity index (χ0v) is 30.9. The van der Waals surface area contributed by atoms with Crippen molar-refractivity contribution in [1.82, 2.24) is 4.90 Å². The number of amides is 1. The van der Waals surface area contributed by atoms with Crippen molar-refractivity contribution in [3.05, 3.63) is 24.3 Å². The van der Waals surface area contributed by atoms with Crippen LogP contribution in [-0.2, 0) is 4.79 Å². The molecule has 0 spiro atoms. The van der Waals surface area contributed by atoms with Gasteiger partial charge in [-0.05, 0) is 116 Å². The van der Waals surface area contributed by atoms with E-state index in [1.54, 1.807) is 0 Å². The summed E-state index contributed by atoms with van der Waals surface area (Å²) in [6.45, 7) is 3.49. The fraction of sp³-hybridized carbons (Fsp3) is 0.800. The molecule has 1 heterocycles. The molecule has 6 rings (SSSR count). The standard InChI is InChI=1S/C35H52BF3NO4.K/c1-22(4-11-32(43)40-18-14-27(15-19-40)44-26-7-5-24(6-8-26)36(37,38)39)28-9-10-29-33-30(13-17-35(28,29)3)34(2)16-12-25(41)20-23(34)21-31(33)42;/h5-8,22-23,25,27-31,33,41-42H,4,9-21H2,1-3H3;/q-1;+1/t22-,23+,25-,28-,29+,30+,31+,33?,34+,35-;/m1./s1. The minimum atomic E-state index is -5.01. The van der Waals surface area contributed by atoms with Crippen molar-refractivity contribution in [3.8, 4) is 5.75 Å². The van der Waals surface area contributed by atoms with Gasteiger partial charge in [-0.15, -0.1) is 5.46 Å². The van der Waals surface area contributed by atoms with Gasteiger partial charge in [-0.25, -0.2) is 0 Å². The molecule has 1 aromatic carbocycles. The fourth-order valence-corrected chi connectivity index (χ4v) is 11.1. The van der Waals surface area contributed by atoms with Crippen LogP contribution in [0.1, 0.15) is 97.8 Å². The molecule has 0 aromatic heterocycles. The molecule has 0 radical (unpaired) electrons. The Hall–Kier alpha value is -0.0987. The van der Waals surface area contributed by atoms with Gasteiger partial charge in [-0.3, -0.25) is 4.79 Å². The molecule has 1 unspecified atom stereocenters. The molecule has 1 amide bonds. The van der Waals surface area contributed by atoms with Crippen LogP contribution < -0.4 is 61.6 Å². The van der Waals surface area contributed by atoms with Crippen LogP contribution >= 0.6 is 0 Å². The number of benzene rings is 1. The van der Waals surface area contributed by atoms with Gasteiger partial charge in [-0.1, -0.05) is 32.9 Å². The van der Waals surface area contributed by atoms with Crippen molar-refractivity contribution < 1.29 is 84.1 Å². The summed E-state index contributed by atoms with van der Waals surface area (Å²) >= 11 is 0. The second-order valence-electron chi connectivity index (χ2n) is 15.8. The Morgan fingerprint density at radius 2 is 1.60 bits per heavy atom. The van der Waals surface area contributed by atoms with Gasteiger partial charge in [0.15, 0.2) is 0 Å². The van der Waals surface area contributed by atoms with Crippen molar-refractivity contribution in [1.29, 1.82) is 0 Å². The number of piperidine rings is 1. The molecule has 4 aliphatic carbocycles. The molecule has 0 bridgehead atoms. The van der Waals surface area contributed by atoms with E-state index in [1.165, 1.54) is 37.8 Å². The molecule has 4 saturated carbocycles. The summed E-state index contributed by atoms with van der Waals surface area (Å²) in [5, 5.41) is 21.9. The first-order valence-electron chi connectivity index (χ1n) is 17.4. The molecule has 5 fully saturated rings. The molecule has 1 aliphatic heterocycles. The van der Waals surface area contributed by atoms with E-state index in [9.17, 15) is 28.0 Å². The van der Waals surface area contributed by atoms with E-state index in [1.807, 2.05) is 4.90 Å². The number of fused-ring (bicyclic) bond motifs is 5. The summed E-state index contributed by atoms with van der Waals surface area (Å²) in [6.07, 6.45) is 10.6. The molecule has 1 saturated heterocycles. The van der Waals surface area contributed by atoms with Gasteiger partial charge in [0.2, 0.25) is 5.91 Å². The second-order valence-corrected chi connectivity index (χ2v) is 15.8. The number of hydrogen-bond donors (Lipinski definition) is 2. The fourth-order valence-electron chi connectivity index (χ4n) is 11.1. The molecule has 10 atom stereocenters. The number of aliphatic hydroxyl groups excluding tert-OH is 2. The SMILES string of the molecule is C[C@H](CCC(=O)N1CCC(Oc2ccc([B-](F)(F)F)cc2)CC1)[C@H]1CC[C@H]2C3[C@@H](O)C[C@@H]4C[C@H](O)CC[C@]4(C)[C@H]3CC[C@]12C.[K+]. The summed E-state index contributed by atoms with van der Waals surface area (Å²) in [4.78, 5) is 15.2. The third-order valence-electron chi connectivity index (χ3n) is 13.6. The first kappa shape index (κ1) is 36.2. The summed E-state index contributed by atoms with van der Waals surface area (Å²) in [5.74, 6) is 3.51. The molecule has 5 aliphatic rings. The van der Waals surface area contributed by atoms with E-state index < -0.39 is 12.4 Å². The normalized spacial score (nSPS) is 39.2. The number of nitrogens with zero attached hydrogens (tertiary/aromatic N) is 1. The van der Waals surface area contributed by atoms with Crippen LogP contribution in [0.15, 0.2) is 24.3 Å². The smallest absolute Gasteiger partial charge is 0.490 e. The van der Waals surface area contributed by atoms with Crippen molar-refractivity contribution in [2.75, 3.05) is 13.1 Å². The third kappa shape index (κ3) is 7.14. The number of likely N-dealkylation sites (tertiary alicyclic amines) is 1. The number of halogens is 3. The monoisotopic (exact) mass is 657 g/mol. The van der Waals surface area contributed by atoms with Crippen molar-refractivity contribution in [2.45, 2.75) is 116 Å². The Kier molecular flexibility index (Phi) is 11.3. The molecule has 45 heavy (non-hydrogen) atoms. The van der Waals surface area contributed by atoms with E-state index >= 15 is 0 Å². The van der Waals surface area contributed by atoms with Crippen LogP contribution in [0, 0.1) is 46.3 Å². The molecule has 1 aromatic rings. The van der Waals surface area contributed by atoms with Crippen molar-refractivity contribution in [2.24, 2.45) is 46.3 Å². The van der Waals surface area contributed by atoms with Gasteiger partial charge < -0.3 is 32.8 Å². The van der Waals surface area contributed by atoms with Crippen molar-refractivity contribution in [3.63, 3.8) is 0 Å². The van der Waals surface area contributed by atoms with Gasteiger partial charge in [0.1, 0.15) is 11.9 Å². The minimum absolute atomic E-state index is 0. The van der Waals surface area contributed by atoms with Gasteiger partial charge in [0.05, 0.1) is 12.2 Å². The minimum Gasteiger partial charge on any atom is -0.490 e. The molecular formula is C35H52BF3KNO4. The Bertz CT molecular complexity index is 1180. The van der Waals surface area contributed by atoms with Gasteiger partial charge >= 0.3 is 58.4 Å². The summed E-state index contributed by atoms with van der Waals surface area (Å²) in [5.41, 5.74) is -0.184. The molecular weight excluding hydrogens is 605 g/mol. The first-order chi connectivity index (χ1) is 20.8. The van der Waals surface area contributed by atoms with Crippen molar-refractivity contribution >= 4 is 18.3 Å². The summed E-state index contributed by atoms with van der Waals surface area (Å²) < 4.78 is 44.7. The molecule has 10 heteroatoms. The average molecular weight is 658 g/mol. The van der Waals surface area contributed by atoms with E-state index in [-0.39, 0.29) is 86.4 Å². The van der Waals surface area contributed by atoms with Gasteiger partial charge in [0.25, 0.3) is 0 Å². The Balaban J connectivity index is 0.00000400. The maximum Gasteiger partial charge on any atom is 1.00 e. The quantitative estimate of drug-likeness (QED) is 0.441. The van der Waals surface area contributed by atoms with Gasteiger partial charge in [0, 0.05) is 32.4 Å². The predicted molar refractivity (Wildman–Crippen MR) is 166 cm³/mol. The largest absolute Gasteiger partial charge is 1.00 e. The Morgan fingerprint density at radius 3 is 2.27 bits per heavy atom. The second kappa shape index (κ2) is 14.0. The Morgan fingerprint density at radius 1 is 0.956 bits per heavy atom. The zero-order chi connectivity index (χ0) is 31.4. The summed E-state index contributed by atoms with van der Waals surface area (Å²) in [7, 11) is 0. The Labute approximate surface area is 310 Å². The predicted octanol–water partition coefficient (Wildman–Crippen LogP) is 3.52. The first-order valence-corrected chi connectivity index (χ1v) is 17.4. The van der Waals surface area contributed by atoms with E-state index in [4.69, 9.17) is 4.74 Å². The van der Waals surface area contributed by atoms with Crippen LogP contribution in [0.5, 0.6) is 5.75 Å². The third-order valence-corrected chi connectivity index (χ3v) is 13.6. The van der Waals surface area contributed by atoms with Crippen LogP contribution in [0.4, 0.5) is 12.9 Å². The number of carbonyl (C=O) groups is 1. The zero-order valence-electron chi connectivity index (χ0n) is 27.8. The maximum absolute atomic E-state index is 13.2. The van der Waals surface area contributed by atoms with Crippen LogP contribution in [0.25, 0.3) is 0 Å². The molecule has 5 nitrogen and oxygen atoms in total.